The van der Waals surface area contributed by atoms with Crippen LogP contribution in [-0.4, -0.2) is 23.1 Å². The maximum absolute atomic E-state index is 5.81. The van der Waals surface area contributed by atoms with Gasteiger partial charge < -0.3 is 10.6 Å². The number of hydrogen-bond donors (Lipinski definition) is 1. The fourth-order valence-electron chi connectivity index (χ4n) is 1.45. The molecule has 0 amide bonds. The third kappa shape index (κ3) is 1.65. The van der Waals surface area contributed by atoms with Crippen molar-refractivity contribution in [1.29, 1.82) is 0 Å². The zero-order valence-electron chi connectivity index (χ0n) is 7.65. The highest BCUT2D eigenvalue weighted by atomic mass is 35.5. The molecule has 0 spiro atoms. The number of nitrogen functional groups attached to an aromatic ring is 1. The number of nitrogens with two attached hydrogens (primary N) is 1. The molecule has 0 saturated carbocycles. The lowest BCUT2D eigenvalue weighted by Crippen LogP contribution is -2.28. The monoisotopic (exact) mass is 210 g/mol. The van der Waals surface area contributed by atoms with E-state index in [1.807, 2.05) is 0 Å². The Morgan fingerprint density at radius 2 is 2.21 bits per heavy atom. The van der Waals surface area contributed by atoms with E-state index in [2.05, 4.69) is 27.0 Å². The van der Waals surface area contributed by atoms with Crippen molar-refractivity contribution in [1.82, 2.24) is 9.97 Å². The normalized spacial score (nSPS) is 15.9. The van der Waals surface area contributed by atoms with Crippen LogP contribution in [-0.2, 0) is 0 Å². The minimum atomic E-state index is 0.324. The van der Waals surface area contributed by atoms with Crippen LogP contribution >= 0.6 is 11.6 Å². The van der Waals surface area contributed by atoms with E-state index in [9.17, 15) is 0 Å². The Kier molecular flexibility index (Phi) is 2.54. The summed E-state index contributed by atoms with van der Waals surface area (Å²) in [7, 11) is 0. The molecule has 2 N–H and O–H groups in total. The van der Waals surface area contributed by atoms with Crippen molar-refractivity contribution in [3.05, 3.63) is 23.6 Å². The first kappa shape index (κ1) is 9.27. The van der Waals surface area contributed by atoms with Gasteiger partial charge in [0.25, 0.3) is 0 Å². The summed E-state index contributed by atoms with van der Waals surface area (Å²) in [6.07, 6.45) is 6.70. The lowest BCUT2D eigenvalue weighted by molar-refractivity contribution is 0.804. The van der Waals surface area contributed by atoms with E-state index in [0.717, 1.165) is 25.3 Å². The van der Waals surface area contributed by atoms with Crippen molar-refractivity contribution in [2.45, 2.75) is 6.42 Å². The van der Waals surface area contributed by atoms with E-state index in [1.165, 1.54) is 6.33 Å². The molecule has 4 nitrogen and oxygen atoms in total. The zero-order chi connectivity index (χ0) is 9.97. The van der Waals surface area contributed by atoms with Gasteiger partial charge in [-0.2, -0.15) is 0 Å². The van der Waals surface area contributed by atoms with Gasteiger partial charge in [-0.25, -0.2) is 9.97 Å². The van der Waals surface area contributed by atoms with Gasteiger partial charge in [0.1, 0.15) is 12.0 Å². The Labute approximate surface area is 87.4 Å². The Balaban J connectivity index is 2.31. The predicted octanol–water partition coefficient (Wildman–Crippen LogP) is 1.48. The fraction of sp³-hybridized carbons (Fsp3) is 0.333. The summed E-state index contributed by atoms with van der Waals surface area (Å²) in [5, 5.41) is 0.324. The van der Waals surface area contributed by atoms with Gasteiger partial charge in [-0.1, -0.05) is 23.8 Å². The van der Waals surface area contributed by atoms with Crippen molar-refractivity contribution < 1.29 is 0 Å². The molecule has 0 aromatic carbocycles. The van der Waals surface area contributed by atoms with E-state index >= 15 is 0 Å². The topological polar surface area (TPSA) is 55.0 Å². The van der Waals surface area contributed by atoms with Crippen molar-refractivity contribution in [3.8, 4) is 0 Å². The van der Waals surface area contributed by atoms with Crippen LogP contribution in [0.15, 0.2) is 18.5 Å². The SMILES string of the molecule is Nc1c(Cl)ncnc1N1CC=CCC1. The van der Waals surface area contributed by atoms with Crippen molar-refractivity contribution in [2.75, 3.05) is 23.7 Å². The van der Waals surface area contributed by atoms with Gasteiger partial charge in [0.05, 0.1) is 0 Å². The molecular weight excluding hydrogens is 200 g/mol. The number of halogens is 1. The number of nitrogens with zero attached hydrogens (tertiary/aromatic N) is 3. The highest BCUT2D eigenvalue weighted by Gasteiger charge is 2.13. The highest BCUT2D eigenvalue weighted by molar-refractivity contribution is 6.32. The molecule has 0 atom stereocenters. The van der Waals surface area contributed by atoms with E-state index < -0.39 is 0 Å². The summed E-state index contributed by atoms with van der Waals surface area (Å²) < 4.78 is 0. The molecule has 2 heterocycles. The van der Waals surface area contributed by atoms with Gasteiger partial charge in [0, 0.05) is 13.1 Å². The fourth-order valence-corrected chi connectivity index (χ4v) is 1.58. The van der Waals surface area contributed by atoms with Gasteiger partial charge in [-0.15, -0.1) is 0 Å². The molecule has 14 heavy (non-hydrogen) atoms. The largest absolute Gasteiger partial charge is 0.393 e. The molecule has 0 unspecified atom stereocenters. The third-order valence-corrected chi connectivity index (χ3v) is 2.47. The Morgan fingerprint density at radius 1 is 1.36 bits per heavy atom. The summed E-state index contributed by atoms with van der Waals surface area (Å²) in [5.74, 6) is 0.731. The van der Waals surface area contributed by atoms with Crippen LogP contribution in [0.5, 0.6) is 0 Å². The summed E-state index contributed by atoms with van der Waals surface area (Å²) in [4.78, 5) is 10.0. The molecule has 0 saturated heterocycles. The van der Waals surface area contributed by atoms with Crippen LogP contribution in [0.2, 0.25) is 5.15 Å². The summed E-state index contributed by atoms with van der Waals surface area (Å²) in [6.45, 7) is 1.76. The second-order valence-electron chi connectivity index (χ2n) is 3.11. The smallest absolute Gasteiger partial charge is 0.157 e. The lowest BCUT2D eigenvalue weighted by atomic mass is 10.2. The van der Waals surface area contributed by atoms with Crippen molar-refractivity contribution in [2.24, 2.45) is 0 Å². The molecule has 1 aromatic heterocycles. The van der Waals surface area contributed by atoms with Crippen LogP contribution in [0.25, 0.3) is 0 Å². The lowest BCUT2D eigenvalue weighted by Gasteiger charge is -2.25. The summed E-state index contributed by atoms with van der Waals surface area (Å²) >= 11 is 5.81. The second kappa shape index (κ2) is 3.84. The molecule has 0 bridgehead atoms. The molecule has 1 aliphatic rings. The van der Waals surface area contributed by atoms with Crippen LogP contribution in [0, 0.1) is 0 Å². The molecule has 5 heteroatoms. The predicted molar refractivity (Wildman–Crippen MR) is 57.4 cm³/mol. The second-order valence-corrected chi connectivity index (χ2v) is 3.47. The van der Waals surface area contributed by atoms with Gasteiger partial charge in [-0.05, 0) is 6.42 Å². The van der Waals surface area contributed by atoms with Crippen LogP contribution in [0.1, 0.15) is 6.42 Å². The Bertz CT molecular complexity index is 364. The highest BCUT2D eigenvalue weighted by Crippen LogP contribution is 2.26. The zero-order valence-corrected chi connectivity index (χ0v) is 8.41. The average Bonchev–Trinajstić information content (AvgIpc) is 2.23. The molecule has 2 rings (SSSR count). The Morgan fingerprint density at radius 3 is 2.93 bits per heavy atom. The molecule has 1 aromatic rings. The summed E-state index contributed by atoms with van der Waals surface area (Å²) in [6, 6.07) is 0. The third-order valence-electron chi connectivity index (χ3n) is 2.17. The van der Waals surface area contributed by atoms with Crippen LogP contribution in [0.4, 0.5) is 11.5 Å². The van der Waals surface area contributed by atoms with Gasteiger partial charge in [-0.3, -0.25) is 0 Å². The van der Waals surface area contributed by atoms with Crippen LogP contribution < -0.4 is 10.6 Å². The quantitative estimate of drug-likeness (QED) is 0.564. The first-order chi connectivity index (χ1) is 6.79. The van der Waals surface area contributed by atoms with Gasteiger partial charge >= 0.3 is 0 Å². The summed E-state index contributed by atoms with van der Waals surface area (Å²) in [5.41, 5.74) is 6.25. The number of hydrogen-bond acceptors (Lipinski definition) is 4. The molecule has 0 fully saturated rings. The van der Waals surface area contributed by atoms with E-state index in [-0.39, 0.29) is 0 Å². The maximum atomic E-state index is 5.81. The van der Waals surface area contributed by atoms with Crippen molar-refractivity contribution in [3.63, 3.8) is 0 Å². The van der Waals surface area contributed by atoms with E-state index in [4.69, 9.17) is 17.3 Å². The number of aromatic nitrogens is 2. The molecule has 0 radical (unpaired) electrons. The average molecular weight is 211 g/mol. The molecule has 0 aliphatic carbocycles. The van der Waals surface area contributed by atoms with E-state index in [1.54, 1.807) is 0 Å². The Hall–Kier alpha value is -1.29. The minimum Gasteiger partial charge on any atom is -0.393 e. The van der Waals surface area contributed by atoms with Crippen molar-refractivity contribution >= 4 is 23.1 Å². The standard InChI is InChI=1S/C9H11ClN4/c10-8-7(11)9(13-6-12-8)14-4-2-1-3-5-14/h1-2,6H,3-5,11H2. The van der Waals surface area contributed by atoms with E-state index in [0.29, 0.717) is 10.8 Å². The van der Waals surface area contributed by atoms with Gasteiger partial charge in [0.15, 0.2) is 11.0 Å². The minimum absolute atomic E-state index is 0.324. The molecule has 1 aliphatic heterocycles. The molecule has 74 valence electrons. The van der Waals surface area contributed by atoms with Crippen LogP contribution in [0.3, 0.4) is 0 Å². The first-order valence-electron chi connectivity index (χ1n) is 4.45. The number of rotatable bonds is 1. The number of anilines is 2. The molecular formula is C9H11ClN4. The first-order valence-corrected chi connectivity index (χ1v) is 4.83. The van der Waals surface area contributed by atoms with Gasteiger partial charge in [0.2, 0.25) is 0 Å². The maximum Gasteiger partial charge on any atom is 0.157 e.